The maximum atomic E-state index is 15.7. The van der Waals surface area contributed by atoms with Crippen molar-refractivity contribution in [2.45, 2.75) is 147 Å². The molecule has 3 aromatic carbocycles. The average molecular weight is 1010 g/mol. The number of carbonyl (C=O) groups excluding carboxylic acids is 8. The second-order valence-corrected chi connectivity index (χ2v) is 20.9. The van der Waals surface area contributed by atoms with Gasteiger partial charge in [-0.25, -0.2) is 9.59 Å². The first kappa shape index (κ1) is 54.0. The van der Waals surface area contributed by atoms with Crippen molar-refractivity contribution in [2.75, 3.05) is 6.61 Å². The molecule has 0 aromatic heterocycles. The van der Waals surface area contributed by atoms with Gasteiger partial charge in [0.1, 0.15) is 35.6 Å². The van der Waals surface area contributed by atoms with Crippen molar-refractivity contribution in [3.63, 3.8) is 0 Å². The summed E-state index contributed by atoms with van der Waals surface area (Å²) in [6, 6.07) is 22.4. The Kier molecular flexibility index (Phi) is 15.3. The predicted octanol–water partition coefficient (Wildman–Crippen LogP) is 5.41. The number of ether oxygens (including phenoxy) is 7. The Labute approximate surface area is 423 Å². The summed E-state index contributed by atoms with van der Waals surface area (Å²) in [6.07, 6.45) is -12.0. The van der Waals surface area contributed by atoms with Gasteiger partial charge in [-0.05, 0) is 75.6 Å². The van der Waals surface area contributed by atoms with Gasteiger partial charge in [-0.15, -0.1) is 0 Å². The van der Waals surface area contributed by atoms with Crippen LogP contribution < -0.4 is 5.32 Å². The molecule has 18 heteroatoms. The topological polar surface area (TPSA) is 254 Å². The lowest BCUT2D eigenvalue weighted by molar-refractivity contribution is -0.346. The third-order valence-corrected chi connectivity index (χ3v) is 14.7. The minimum Gasteiger partial charge on any atom is -0.460 e. The number of rotatable bonds is 14. The van der Waals surface area contributed by atoms with Gasteiger partial charge in [-0.3, -0.25) is 28.8 Å². The molecule has 18 nitrogen and oxygen atoms in total. The molecule has 4 aliphatic rings. The maximum absolute atomic E-state index is 15.7. The number of Topliss-reactive ketones (excluding diaryl/α,β-unsaturated/α-hetero) is 1. The molecule has 3 aliphatic carbocycles. The normalized spacial score (nSPS) is 28.9. The first-order valence-electron chi connectivity index (χ1n) is 24.2. The van der Waals surface area contributed by atoms with E-state index in [1.165, 1.54) is 52.0 Å². The number of nitrogens with one attached hydrogen (secondary N) is 1. The molecule has 3 N–H and O–H groups in total. The Balaban J connectivity index is 1.40. The molecule has 1 amide bonds. The Hall–Kier alpha value is -6.76. The van der Waals surface area contributed by atoms with Crippen molar-refractivity contribution in [2.24, 2.45) is 16.7 Å². The fourth-order valence-electron chi connectivity index (χ4n) is 11.1. The lowest BCUT2D eigenvalue weighted by Gasteiger charge is -2.67. The Morgan fingerprint density at radius 2 is 1.37 bits per heavy atom. The molecular formula is C55H63NO17. The molecule has 2 unspecified atom stereocenters. The van der Waals surface area contributed by atoms with Gasteiger partial charge in [-0.1, -0.05) is 80.6 Å². The van der Waals surface area contributed by atoms with Crippen molar-refractivity contribution >= 4 is 47.5 Å². The maximum Gasteiger partial charge on any atom is 0.350 e. The Bertz CT molecular complexity index is 2660. The van der Waals surface area contributed by atoms with Crippen LogP contribution >= 0.6 is 0 Å². The predicted molar refractivity (Wildman–Crippen MR) is 257 cm³/mol. The number of esters is 6. The minimum absolute atomic E-state index is 0.0302. The van der Waals surface area contributed by atoms with E-state index in [2.05, 4.69) is 5.32 Å². The fourth-order valence-corrected chi connectivity index (χ4v) is 11.1. The van der Waals surface area contributed by atoms with Crippen LogP contribution in [-0.4, -0.2) is 118 Å². The summed E-state index contributed by atoms with van der Waals surface area (Å²) >= 11 is 0. The van der Waals surface area contributed by atoms with Crippen molar-refractivity contribution < 1.29 is 81.7 Å². The Morgan fingerprint density at radius 1 is 0.795 bits per heavy atom. The van der Waals surface area contributed by atoms with E-state index < -0.39 is 143 Å². The number of ketones is 1. The van der Waals surface area contributed by atoms with Crippen LogP contribution in [0.15, 0.2) is 102 Å². The quantitative estimate of drug-likeness (QED) is 0.104. The number of hydrogen-bond donors (Lipinski definition) is 3. The first-order valence-corrected chi connectivity index (χ1v) is 24.2. The van der Waals surface area contributed by atoms with Crippen molar-refractivity contribution in [3.05, 3.63) is 119 Å². The lowest BCUT2D eigenvalue weighted by atomic mass is 9.44. The van der Waals surface area contributed by atoms with Crippen LogP contribution in [0, 0.1) is 16.7 Å². The second kappa shape index (κ2) is 20.6. The minimum atomic E-state index is -2.49. The molecule has 7 rings (SSSR count). The zero-order valence-electron chi connectivity index (χ0n) is 42.3. The summed E-state index contributed by atoms with van der Waals surface area (Å²) in [5, 5.41) is 29.0. The number of amides is 1. The average Bonchev–Trinajstić information content (AvgIpc) is 3.32. The van der Waals surface area contributed by atoms with Gasteiger partial charge in [0, 0.05) is 37.7 Å². The van der Waals surface area contributed by atoms with Gasteiger partial charge in [0.05, 0.1) is 42.4 Å². The number of aliphatic hydroxyl groups is 2. The highest BCUT2D eigenvalue weighted by atomic mass is 16.6. The molecule has 0 spiro atoms. The van der Waals surface area contributed by atoms with E-state index in [9.17, 15) is 39.0 Å². The molecule has 1 heterocycles. The first-order chi connectivity index (χ1) is 34.2. The third-order valence-electron chi connectivity index (χ3n) is 14.7. The number of aliphatic hydroxyl groups excluding tert-OH is 1. The summed E-state index contributed by atoms with van der Waals surface area (Å²) in [5.74, 6) is -8.98. The van der Waals surface area contributed by atoms with Crippen molar-refractivity contribution in [1.82, 2.24) is 5.32 Å². The highest BCUT2D eigenvalue weighted by molar-refractivity contribution is 5.96. The molecule has 1 aliphatic heterocycles. The molecule has 0 radical (unpaired) electrons. The summed E-state index contributed by atoms with van der Waals surface area (Å²) in [5.41, 5.74) is -8.54. The third kappa shape index (κ3) is 10.4. The summed E-state index contributed by atoms with van der Waals surface area (Å²) in [7, 11) is 0. The molecular weight excluding hydrogens is 947 g/mol. The monoisotopic (exact) mass is 1010 g/mol. The number of benzene rings is 3. The van der Waals surface area contributed by atoms with Gasteiger partial charge < -0.3 is 48.7 Å². The van der Waals surface area contributed by atoms with E-state index >= 15 is 9.59 Å². The van der Waals surface area contributed by atoms with Crippen LogP contribution in [0.3, 0.4) is 0 Å². The van der Waals surface area contributed by atoms with Gasteiger partial charge in [-0.2, -0.15) is 0 Å². The second-order valence-electron chi connectivity index (χ2n) is 20.9. The summed E-state index contributed by atoms with van der Waals surface area (Å²) in [6.45, 7) is 12.7. The fraction of sp³-hybridized carbons (Fsp3) is 0.491. The highest BCUT2D eigenvalue weighted by Crippen LogP contribution is 2.64. The van der Waals surface area contributed by atoms with E-state index in [0.717, 1.165) is 13.8 Å². The molecule has 3 aromatic rings. The van der Waals surface area contributed by atoms with Crippen LogP contribution in [0.1, 0.15) is 120 Å². The Morgan fingerprint density at radius 3 is 1.92 bits per heavy atom. The van der Waals surface area contributed by atoms with E-state index in [1.54, 1.807) is 87.5 Å². The zero-order valence-corrected chi connectivity index (χ0v) is 42.3. The molecule has 2 saturated carbocycles. The molecule has 1 saturated heterocycles. The van der Waals surface area contributed by atoms with Gasteiger partial charge in [0.15, 0.2) is 17.5 Å². The zero-order chi connectivity index (χ0) is 53.4. The molecule has 73 heavy (non-hydrogen) atoms. The molecule has 2 bridgehead atoms. The largest absolute Gasteiger partial charge is 0.460 e. The molecule has 11 atom stereocenters. The lowest BCUT2D eigenvalue weighted by Crippen LogP contribution is -2.82. The van der Waals surface area contributed by atoms with Gasteiger partial charge >= 0.3 is 35.8 Å². The van der Waals surface area contributed by atoms with E-state index in [1.807, 2.05) is 0 Å². The number of hydrogen-bond acceptors (Lipinski definition) is 17. The summed E-state index contributed by atoms with van der Waals surface area (Å²) < 4.78 is 42.1. The molecule has 390 valence electrons. The van der Waals surface area contributed by atoms with E-state index in [-0.39, 0.29) is 40.9 Å². The highest BCUT2D eigenvalue weighted by Gasteiger charge is 2.78. The van der Waals surface area contributed by atoms with Crippen molar-refractivity contribution in [3.8, 4) is 0 Å². The van der Waals surface area contributed by atoms with Gasteiger partial charge in [0.25, 0.3) is 5.91 Å². The standard InChI is InChI=1S/C55H63NO17/c1-30-36(69-50(65)44(70-39(60)25-26-40(61)73-51(4,5)6)42(33-19-13-10-14-20-33)56-48(63)34-21-15-11-16-22-34)28-55(66)47(71-49(64)35-23-17-12-18-24-35)45-53(9,37(59)27-38-54(45,29-67-38)72-32(3)58)46(62)43(68-31(2)57)41(30)52(55,7)8/h10-24,36-38,42-45,47,59,66H,25-29H2,1-9H3,(H,56,63)/t36?,37-,38+,42?,43+,44+,45-,47-,53+,54-,55+/m0/s1. The van der Waals surface area contributed by atoms with Gasteiger partial charge in [0.2, 0.25) is 6.10 Å². The van der Waals surface area contributed by atoms with Crippen LogP contribution in [0.2, 0.25) is 0 Å². The smallest absolute Gasteiger partial charge is 0.350 e. The van der Waals surface area contributed by atoms with Crippen LogP contribution in [0.4, 0.5) is 0 Å². The van der Waals surface area contributed by atoms with E-state index in [0.29, 0.717) is 0 Å². The number of carbonyl (C=O) groups is 8. The summed E-state index contributed by atoms with van der Waals surface area (Å²) in [4.78, 5) is 112. The van der Waals surface area contributed by atoms with Crippen LogP contribution in [0.25, 0.3) is 0 Å². The van der Waals surface area contributed by atoms with Crippen LogP contribution in [-0.2, 0) is 61.9 Å². The number of fused-ring (bicyclic) bond motifs is 5. The SMILES string of the molecule is CC(=O)O[C@H]1C(=O)[C@@]2(C)[C@H]([C@H](OC(=O)c3ccccc3)[C@]3(O)CC(OC(=O)[C@H](OC(=O)CCC(=O)OC(C)(C)C)C(NC(=O)c4ccccc4)c4ccccc4)C(C)=C1C3(C)C)[C@]1(OC(C)=O)CO[C@@H]1C[C@@H]2O. The van der Waals surface area contributed by atoms with Crippen LogP contribution in [0.5, 0.6) is 0 Å². The van der Waals surface area contributed by atoms with Crippen molar-refractivity contribution in [1.29, 1.82) is 0 Å². The molecule has 3 fully saturated rings. The van der Waals surface area contributed by atoms with E-state index in [4.69, 9.17) is 33.2 Å².